The maximum atomic E-state index is 5.45. The van der Waals surface area contributed by atoms with E-state index in [-0.39, 0.29) is 0 Å². The number of nitrogens with one attached hydrogen (secondary N) is 1. The molecule has 0 aromatic carbocycles. The van der Waals surface area contributed by atoms with E-state index in [2.05, 4.69) is 36.0 Å². The zero-order valence-electron chi connectivity index (χ0n) is 10.8. The van der Waals surface area contributed by atoms with Gasteiger partial charge in [0.15, 0.2) is 0 Å². The van der Waals surface area contributed by atoms with Crippen molar-refractivity contribution < 1.29 is 4.42 Å². The van der Waals surface area contributed by atoms with Gasteiger partial charge < -0.3 is 14.6 Å². The fourth-order valence-corrected chi connectivity index (χ4v) is 1.40. The number of hydrogen-bond acceptors (Lipinski definition) is 4. The number of oxazole rings is 1. The molecule has 1 heterocycles. The quantitative estimate of drug-likeness (QED) is 0.724. The van der Waals surface area contributed by atoms with Gasteiger partial charge in [0.25, 0.3) is 6.01 Å². The molecule has 1 N–H and O–H groups in total. The van der Waals surface area contributed by atoms with E-state index in [9.17, 15) is 0 Å². The third-order valence-electron chi connectivity index (χ3n) is 2.83. The van der Waals surface area contributed by atoms with E-state index in [1.807, 2.05) is 7.05 Å². The molecule has 0 aliphatic heterocycles. The summed E-state index contributed by atoms with van der Waals surface area (Å²) in [6.07, 6.45) is 3.96. The van der Waals surface area contributed by atoms with Gasteiger partial charge in [-0.15, -0.1) is 0 Å². The lowest BCUT2D eigenvalue weighted by molar-refractivity contribution is 0.515. The molecule has 0 spiro atoms. The molecule has 0 bridgehead atoms. The van der Waals surface area contributed by atoms with Gasteiger partial charge in [0.1, 0.15) is 6.26 Å². The van der Waals surface area contributed by atoms with E-state index >= 15 is 0 Å². The van der Waals surface area contributed by atoms with Gasteiger partial charge in [0.2, 0.25) is 0 Å². The van der Waals surface area contributed by atoms with Gasteiger partial charge in [-0.2, -0.15) is 4.98 Å². The first-order chi connectivity index (χ1) is 7.69. The average molecular weight is 225 g/mol. The lowest BCUT2D eigenvalue weighted by atomic mass is 10.2. The summed E-state index contributed by atoms with van der Waals surface area (Å²) in [5.74, 6) is 0. The van der Waals surface area contributed by atoms with Crippen LogP contribution in [0, 0.1) is 0 Å². The van der Waals surface area contributed by atoms with E-state index in [0.717, 1.165) is 31.6 Å². The van der Waals surface area contributed by atoms with Crippen molar-refractivity contribution in [3.8, 4) is 0 Å². The highest BCUT2D eigenvalue weighted by molar-refractivity contribution is 5.26. The van der Waals surface area contributed by atoms with Crippen LogP contribution in [0.5, 0.6) is 0 Å². The van der Waals surface area contributed by atoms with E-state index in [1.165, 1.54) is 0 Å². The van der Waals surface area contributed by atoms with Gasteiger partial charge >= 0.3 is 0 Å². The summed E-state index contributed by atoms with van der Waals surface area (Å²) in [6, 6.07) is 1.16. The van der Waals surface area contributed by atoms with Crippen molar-refractivity contribution >= 4 is 6.01 Å². The highest BCUT2D eigenvalue weighted by atomic mass is 16.4. The molecule has 92 valence electrons. The number of aromatic nitrogens is 1. The van der Waals surface area contributed by atoms with Gasteiger partial charge in [0, 0.05) is 19.6 Å². The van der Waals surface area contributed by atoms with Gasteiger partial charge in [-0.05, 0) is 26.3 Å². The summed E-state index contributed by atoms with van der Waals surface area (Å²) in [7, 11) is 2.02. The largest absolute Gasteiger partial charge is 0.432 e. The molecule has 1 aromatic heterocycles. The smallest absolute Gasteiger partial charge is 0.297 e. The topological polar surface area (TPSA) is 41.3 Å². The molecule has 1 unspecified atom stereocenters. The lowest BCUT2D eigenvalue weighted by Crippen LogP contribution is -2.28. The Morgan fingerprint density at radius 3 is 2.88 bits per heavy atom. The van der Waals surface area contributed by atoms with Crippen LogP contribution in [0.1, 0.15) is 39.3 Å². The SMILES string of the molecule is CCCNCc1coc(N(C)C(C)CC)n1. The van der Waals surface area contributed by atoms with Gasteiger partial charge in [0.05, 0.1) is 5.69 Å². The fourth-order valence-electron chi connectivity index (χ4n) is 1.40. The molecular weight excluding hydrogens is 202 g/mol. The summed E-state index contributed by atoms with van der Waals surface area (Å²) in [4.78, 5) is 6.52. The Kier molecular flexibility index (Phi) is 5.32. The summed E-state index contributed by atoms with van der Waals surface area (Å²) in [5.41, 5.74) is 0.971. The Labute approximate surface area is 98.0 Å². The third-order valence-corrected chi connectivity index (χ3v) is 2.83. The van der Waals surface area contributed by atoms with Crippen LogP contribution in [0.3, 0.4) is 0 Å². The third kappa shape index (κ3) is 3.52. The number of nitrogens with zero attached hydrogens (tertiary/aromatic N) is 2. The molecule has 0 saturated heterocycles. The molecule has 1 aromatic rings. The van der Waals surface area contributed by atoms with Crippen LogP contribution >= 0.6 is 0 Å². The van der Waals surface area contributed by atoms with Crippen molar-refractivity contribution in [3.05, 3.63) is 12.0 Å². The molecule has 0 radical (unpaired) electrons. The standard InChI is InChI=1S/C12H23N3O/c1-5-7-13-8-11-9-16-12(14-11)15(4)10(3)6-2/h9-10,13H,5-8H2,1-4H3. The summed E-state index contributed by atoms with van der Waals surface area (Å²) < 4.78 is 5.45. The number of rotatable bonds is 7. The normalized spacial score (nSPS) is 12.8. The molecule has 4 heteroatoms. The molecule has 0 aliphatic rings. The second-order valence-electron chi connectivity index (χ2n) is 4.17. The van der Waals surface area contributed by atoms with Crippen molar-refractivity contribution in [2.45, 2.75) is 46.2 Å². The van der Waals surface area contributed by atoms with E-state index in [1.54, 1.807) is 6.26 Å². The summed E-state index contributed by atoms with van der Waals surface area (Å²) in [5, 5.41) is 3.31. The minimum Gasteiger partial charge on any atom is -0.432 e. The molecule has 1 rings (SSSR count). The first-order valence-corrected chi connectivity index (χ1v) is 6.07. The van der Waals surface area contributed by atoms with Gasteiger partial charge in [-0.3, -0.25) is 0 Å². The lowest BCUT2D eigenvalue weighted by Gasteiger charge is -2.21. The Hall–Kier alpha value is -1.03. The van der Waals surface area contributed by atoms with Gasteiger partial charge in [-0.25, -0.2) is 0 Å². The molecule has 1 atom stereocenters. The molecule has 0 aliphatic carbocycles. The van der Waals surface area contributed by atoms with E-state index in [4.69, 9.17) is 4.42 Å². The van der Waals surface area contributed by atoms with Crippen molar-refractivity contribution in [2.75, 3.05) is 18.5 Å². The fraction of sp³-hybridized carbons (Fsp3) is 0.750. The molecule has 16 heavy (non-hydrogen) atoms. The predicted octanol–water partition coefficient (Wildman–Crippen LogP) is 2.41. The van der Waals surface area contributed by atoms with Crippen molar-refractivity contribution in [2.24, 2.45) is 0 Å². The molecule has 0 amide bonds. The molecule has 4 nitrogen and oxygen atoms in total. The van der Waals surface area contributed by atoms with Crippen LogP contribution in [0.15, 0.2) is 10.7 Å². The van der Waals surface area contributed by atoms with Crippen LogP contribution in [0.2, 0.25) is 0 Å². The predicted molar refractivity (Wildman–Crippen MR) is 66.7 cm³/mol. The monoisotopic (exact) mass is 225 g/mol. The first-order valence-electron chi connectivity index (χ1n) is 6.07. The Morgan fingerprint density at radius 1 is 1.50 bits per heavy atom. The van der Waals surface area contributed by atoms with Crippen LogP contribution in [-0.4, -0.2) is 24.6 Å². The van der Waals surface area contributed by atoms with E-state index < -0.39 is 0 Å². The van der Waals surface area contributed by atoms with E-state index in [0.29, 0.717) is 12.1 Å². The van der Waals surface area contributed by atoms with Crippen LogP contribution in [0.4, 0.5) is 6.01 Å². The maximum Gasteiger partial charge on any atom is 0.297 e. The van der Waals surface area contributed by atoms with Crippen molar-refractivity contribution in [1.29, 1.82) is 0 Å². The summed E-state index contributed by atoms with van der Waals surface area (Å²) >= 11 is 0. The Balaban J connectivity index is 2.50. The van der Waals surface area contributed by atoms with Crippen LogP contribution in [0.25, 0.3) is 0 Å². The Bertz CT molecular complexity index is 298. The molecular formula is C12H23N3O. The van der Waals surface area contributed by atoms with Crippen molar-refractivity contribution in [3.63, 3.8) is 0 Å². The second-order valence-corrected chi connectivity index (χ2v) is 4.17. The maximum absolute atomic E-state index is 5.45. The van der Waals surface area contributed by atoms with Crippen molar-refractivity contribution in [1.82, 2.24) is 10.3 Å². The molecule has 0 saturated carbocycles. The zero-order chi connectivity index (χ0) is 12.0. The minimum atomic E-state index is 0.454. The van der Waals surface area contributed by atoms with Gasteiger partial charge in [-0.1, -0.05) is 13.8 Å². The Morgan fingerprint density at radius 2 is 2.25 bits per heavy atom. The second kappa shape index (κ2) is 6.53. The van der Waals surface area contributed by atoms with Crippen LogP contribution in [-0.2, 0) is 6.54 Å². The number of hydrogen-bond donors (Lipinski definition) is 1. The first kappa shape index (κ1) is 13.0. The number of anilines is 1. The highest BCUT2D eigenvalue weighted by Gasteiger charge is 2.13. The van der Waals surface area contributed by atoms with Crippen LogP contribution < -0.4 is 10.2 Å². The minimum absolute atomic E-state index is 0.454. The zero-order valence-corrected chi connectivity index (χ0v) is 10.8. The summed E-state index contributed by atoms with van der Waals surface area (Å²) in [6.45, 7) is 8.28. The highest BCUT2D eigenvalue weighted by Crippen LogP contribution is 2.15. The average Bonchev–Trinajstić information content (AvgIpc) is 2.76. The molecule has 0 fully saturated rings.